The highest BCUT2D eigenvalue weighted by molar-refractivity contribution is 4.82. The number of hydrogen-bond acceptors (Lipinski definition) is 4. The number of aliphatic hydroxyl groups is 2. The van der Waals surface area contributed by atoms with E-state index < -0.39 is 5.60 Å². The first kappa shape index (κ1) is 13.9. The first-order valence-electron chi connectivity index (χ1n) is 6.38. The van der Waals surface area contributed by atoms with Gasteiger partial charge in [-0.15, -0.1) is 0 Å². The zero-order valence-electron chi connectivity index (χ0n) is 10.1. The number of hydrogen-bond donors (Lipinski definition) is 3. The predicted octanol–water partition coefficient (Wildman–Crippen LogP) is 0.670. The van der Waals surface area contributed by atoms with Gasteiger partial charge in [-0.2, -0.15) is 0 Å². The number of aliphatic hydroxyl groups excluding tert-OH is 1. The van der Waals surface area contributed by atoms with Crippen molar-refractivity contribution >= 4 is 0 Å². The molecule has 0 spiro atoms. The van der Waals surface area contributed by atoms with Gasteiger partial charge >= 0.3 is 0 Å². The van der Waals surface area contributed by atoms with Crippen LogP contribution in [0.4, 0.5) is 0 Å². The largest absolute Gasteiger partial charge is 0.394 e. The van der Waals surface area contributed by atoms with Gasteiger partial charge < -0.3 is 20.3 Å². The lowest BCUT2D eigenvalue weighted by Crippen LogP contribution is -2.41. The lowest BCUT2D eigenvalue weighted by atomic mass is 9.94. The Hall–Kier alpha value is -0.160. The van der Waals surface area contributed by atoms with Crippen molar-refractivity contribution < 1.29 is 14.9 Å². The summed E-state index contributed by atoms with van der Waals surface area (Å²) in [7, 11) is 0. The van der Waals surface area contributed by atoms with Crippen molar-refractivity contribution in [1.29, 1.82) is 0 Å². The van der Waals surface area contributed by atoms with Gasteiger partial charge in [-0.05, 0) is 12.8 Å². The summed E-state index contributed by atoms with van der Waals surface area (Å²) in [6.45, 7) is 2.46. The van der Waals surface area contributed by atoms with E-state index in [0.29, 0.717) is 19.8 Å². The Labute approximate surface area is 98.0 Å². The normalized spacial score (nSPS) is 20.6. The van der Waals surface area contributed by atoms with Crippen LogP contribution < -0.4 is 5.32 Å². The average Bonchev–Trinajstić information content (AvgIpc) is 2.49. The first-order valence-corrected chi connectivity index (χ1v) is 6.38. The minimum atomic E-state index is -0.506. The van der Waals surface area contributed by atoms with Crippen molar-refractivity contribution in [3.8, 4) is 0 Å². The maximum Gasteiger partial charge on any atom is 0.0771 e. The molecule has 0 atom stereocenters. The van der Waals surface area contributed by atoms with Gasteiger partial charge in [0.1, 0.15) is 0 Å². The molecule has 0 heterocycles. The maximum atomic E-state index is 10.3. The lowest BCUT2D eigenvalue weighted by Gasteiger charge is -2.26. The molecule has 3 N–H and O–H groups in total. The van der Waals surface area contributed by atoms with E-state index in [2.05, 4.69) is 5.32 Å². The van der Waals surface area contributed by atoms with E-state index in [1.165, 1.54) is 12.8 Å². The molecule has 0 amide bonds. The summed E-state index contributed by atoms with van der Waals surface area (Å²) in [5, 5.41) is 22.0. The first-order chi connectivity index (χ1) is 7.77. The third-order valence-electron chi connectivity index (χ3n) is 3.15. The Morgan fingerprint density at radius 3 is 2.38 bits per heavy atom. The van der Waals surface area contributed by atoms with Crippen LogP contribution in [0, 0.1) is 0 Å². The van der Waals surface area contributed by atoms with Crippen LogP contribution in [-0.2, 0) is 4.74 Å². The minimum absolute atomic E-state index is 0.0734. The molecule has 0 saturated heterocycles. The van der Waals surface area contributed by atoms with Crippen molar-refractivity contribution in [1.82, 2.24) is 5.32 Å². The van der Waals surface area contributed by atoms with Gasteiger partial charge in [-0.1, -0.05) is 25.7 Å². The van der Waals surface area contributed by atoms with Crippen LogP contribution in [0.3, 0.4) is 0 Å². The smallest absolute Gasteiger partial charge is 0.0771 e. The Morgan fingerprint density at radius 1 is 1.06 bits per heavy atom. The van der Waals surface area contributed by atoms with Crippen molar-refractivity contribution in [2.24, 2.45) is 0 Å². The summed E-state index contributed by atoms with van der Waals surface area (Å²) >= 11 is 0. The van der Waals surface area contributed by atoms with Crippen LogP contribution in [0.2, 0.25) is 0 Å². The maximum absolute atomic E-state index is 10.3. The summed E-state index contributed by atoms with van der Waals surface area (Å²) in [6.07, 6.45) is 6.61. The zero-order valence-corrected chi connectivity index (χ0v) is 10.1. The molecular formula is C12H25NO3. The summed E-state index contributed by atoms with van der Waals surface area (Å²) in [5.41, 5.74) is -0.506. The van der Waals surface area contributed by atoms with Crippen molar-refractivity contribution in [2.75, 3.05) is 32.9 Å². The van der Waals surface area contributed by atoms with Crippen LogP contribution in [0.5, 0.6) is 0 Å². The molecule has 1 saturated carbocycles. The molecule has 0 bridgehead atoms. The van der Waals surface area contributed by atoms with E-state index in [1.807, 2.05) is 0 Å². The molecule has 0 aromatic heterocycles. The van der Waals surface area contributed by atoms with E-state index >= 15 is 0 Å². The van der Waals surface area contributed by atoms with Crippen molar-refractivity contribution in [2.45, 2.75) is 44.1 Å². The van der Waals surface area contributed by atoms with Gasteiger partial charge in [0.2, 0.25) is 0 Å². The van der Waals surface area contributed by atoms with Crippen LogP contribution in [0.25, 0.3) is 0 Å². The fourth-order valence-electron chi connectivity index (χ4n) is 2.20. The molecule has 16 heavy (non-hydrogen) atoms. The van der Waals surface area contributed by atoms with Crippen LogP contribution in [0.1, 0.15) is 38.5 Å². The Bertz CT molecular complexity index is 168. The van der Waals surface area contributed by atoms with Gasteiger partial charge in [0.15, 0.2) is 0 Å². The molecule has 1 aliphatic rings. The second kappa shape index (κ2) is 8.01. The molecule has 4 heteroatoms. The van der Waals surface area contributed by atoms with Gasteiger partial charge in [-0.3, -0.25) is 0 Å². The van der Waals surface area contributed by atoms with E-state index in [9.17, 15) is 5.11 Å². The molecule has 0 aromatic carbocycles. The van der Waals surface area contributed by atoms with Gasteiger partial charge in [0.05, 0.1) is 25.4 Å². The molecule has 4 nitrogen and oxygen atoms in total. The third-order valence-corrected chi connectivity index (χ3v) is 3.15. The molecule has 1 aliphatic carbocycles. The number of rotatable bonds is 7. The van der Waals surface area contributed by atoms with Gasteiger partial charge in [0, 0.05) is 13.1 Å². The molecule has 0 aromatic rings. The molecule has 0 radical (unpaired) electrons. The summed E-state index contributed by atoms with van der Waals surface area (Å²) < 4.78 is 5.14. The van der Waals surface area contributed by atoms with Gasteiger partial charge in [-0.25, -0.2) is 0 Å². The van der Waals surface area contributed by atoms with Gasteiger partial charge in [0.25, 0.3) is 0 Å². The van der Waals surface area contributed by atoms with Crippen LogP contribution >= 0.6 is 0 Å². The molecule has 1 rings (SSSR count). The van der Waals surface area contributed by atoms with Crippen molar-refractivity contribution in [3.63, 3.8) is 0 Å². The Kier molecular flexibility index (Phi) is 6.96. The highest BCUT2D eigenvalue weighted by Gasteiger charge is 2.26. The monoisotopic (exact) mass is 231 g/mol. The number of ether oxygens (including phenoxy) is 1. The Morgan fingerprint density at radius 2 is 1.75 bits per heavy atom. The minimum Gasteiger partial charge on any atom is -0.394 e. The fraction of sp³-hybridized carbons (Fsp3) is 1.00. The fourth-order valence-corrected chi connectivity index (χ4v) is 2.20. The molecule has 1 fully saturated rings. The van der Waals surface area contributed by atoms with E-state index in [-0.39, 0.29) is 6.61 Å². The summed E-state index contributed by atoms with van der Waals surface area (Å²) in [4.78, 5) is 0. The summed E-state index contributed by atoms with van der Waals surface area (Å²) in [6, 6.07) is 0. The Balaban J connectivity index is 2.05. The molecule has 0 aliphatic heterocycles. The quantitative estimate of drug-likeness (QED) is 0.445. The SMILES string of the molecule is OCCOCCNCC1(O)CCCCCC1. The standard InChI is InChI=1S/C12H25NO3/c14-8-10-16-9-7-13-11-12(15)5-3-1-2-4-6-12/h13-15H,1-11H2. The van der Waals surface area contributed by atoms with E-state index in [4.69, 9.17) is 9.84 Å². The van der Waals surface area contributed by atoms with Crippen LogP contribution in [0.15, 0.2) is 0 Å². The predicted molar refractivity (Wildman–Crippen MR) is 63.4 cm³/mol. The number of nitrogens with one attached hydrogen (secondary N) is 1. The molecule has 96 valence electrons. The van der Waals surface area contributed by atoms with Crippen molar-refractivity contribution in [3.05, 3.63) is 0 Å². The van der Waals surface area contributed by atoms with E-state index in [1.54, 1.807) is 0 Å². The highest BCUT2D eigenvalue weighted by atomic mass is 16.5. The van der Waals surface area contributed by atoms with Crippen LogP contribution in [-0.4, -0.2) is 48.7 Å². The zero-order chi connectivity index (χ0) is 11.7. The third kappa shape index (κ3) is 5.80. The highest BCUT2D eigenvalue weighted by Crippen LogP contribution is 2.26. The van der Waals surface area contributed by atoms with E-state index in [0.717, 1.165) is 32.2 Å². The average molecular weight is 231 g/mol. The topological polar surface area (TPSA) is 61.7 Å². The lowest BCUT2D eigenvalue weighted by molar-refractivity contribution is 0.0224. The second-order valence-electron chi connectivity index (χ2n) is 4.65. The molecular weight excluding hydrogens is 206 g/mol. The summed E-state index contributed by atoms with van der Waals surface area (Å²) in [5.74, 6) is 0. The molecule has 0 unspecified atom stereocenters. The second-order valence-corrected chi connectivity index (χ2v) is 4.65.